The summed E-state index contributed by atoms with van der Waals surface area (Å²) in [7, 11) is 2.21. The van der Waals surface area contributed by atoms with Crippen molar-refractivity contribution in [2.75, 3.05) is 59.5 Å². The zero-order chi connectivity index (χ0) is 30.6. The molecule has 0 unspecified atom stereocenters. The van der Waals surface area contributed by atoms with Gasteiger partial charge in [-0.05, 0) is 38.6 Å². The van der Waals surface area contributed by atoms with E-state index in [0.717, 1.165) is 50.8 Å². The van der Waals surface area contributed by atoms with Crippen molar-refractivity contribution in [3.63, 3.8) is 0 Å². The second kappa shape index (κ2) is 12.9. The number of carbonyl (C=O) groups excluding carboxylic acids is 1. The van der Waals surface area contributed by atoms with Crippen molar-refractivity contribution in [3.05, 3.63) is 11.6 Å². The maximum absolute atomic E-state index is 13.0. The Labute approximate surface area is 230 Å². The molecule has 1 aliphatic carbocycles. The minimum atomic E-state index is -5.08. The fourth-order valence-corrected chi connectivity index (χ4v) is 4.94. The molecule has 232 valence electrons. The van der Waals surface area contributed by atoms with E-state index in [-0.39, 0.29) is 11.4 Å². The van der Waals surface area contributed by atoms with Gasteiger partial charge in [-0.25, -0.2) is 9.59 Å². The van der Waals surface area contributed by atoms with E-state index in [1.165, 1.54) is 19.4 Å². The Bertz CT molecular complexity index is 1050. The molecule has 1 amide bonds. The van der Waals surface area contributed by atoms with Crippen molar-refractivity contribution in [1.29, 1.82) is 0 Å². The lowest BCUT2D eigenvalue weighted by molar-refractivity contribution is -0.193. The lowest BCUT2D eigenvalue weighted by Gasteiger charge is -2.49. The van der Waals surface area contributed by atoms with E-state index in [2.05, 4.69) is 31.6 Å². The number of hydrogen-bond donors (Lipinski definition) is 2. The molecule has 0 bridgehead atoms. The minimum absolute atomic E-state index is 0.00271. The number of likely N-dealkylation sites (tertiary alicyclic amines) is 1. The number of aliphatic carboxylic acids is 2. The van der Waals surface area contributed by atoms with Crippen LogP contribution in [-0.2, 0) is 26.4 Å². The molecule has 2 saturated heterocycles. The molecule has 1 aromatic heterocycles. The first kappa shape index (κ1) is 32.5. The lowest BCUT2D eigenvalue weighted by atomic mass is 9.83. The summed E-state index contributed by atoms with van der Waals surface area (Å²) in [4.78, 5) is 37.7. The molecule has 5 rings (SSSR count). The summed E-state index contributed by atoms with van der Waals surface area (Å²) in [5, 5.41) is 23.2. The van der Waals surface area contributed by atoms with Crippen LogP contribution in [0.5, 0.6) is 0 Å². The minimum Gasteiger partial charge on any atom is -0.475 e. The van der Waals surface area contributed by atoms with Gasteiger partial charge in [0.05, 0.1) is 18.8 Å². The molecule has 2 N–H and O–H groups in total. The maximum atomic E-state index is 13.0. The number of carboxylic acids is 2. The molecular weight excluding hydrogens is 570 g/mol. The van der Waals surface area contributed by atoms with Gasteiger partial charge in [0, 0.05) is 45.8 Å². The Morgan fingerprint density at radius 2 is 1.39 bits per heavy atom. The van der Waals surface area contributed by atoms with Gasteiger partial charge in [0.1, 0.15) is 0 Å². The highest BCUT2D eigenvalue weighted by Crippen LogP contribution is 2.41. The molecule has 12 nitrogen and oxygen atoms in total. The molecule has 0 atom stereocenters. The largest absolute Gasteiger partial charge is 0.490 e. The van der Waals surface area contributed by atoms with Crippen LogP contribution in [0.25, 0.3) is 0 Å². The number of piperidine rings is 1. The second-order valence-corrected chi connectivity index (χ2v) is 10.2. The molecule has 4 heterocycles. The number of alkyl halides is 6. The van der Waals surface area contributed by atoms with E-state index in [4.69, 9.17) is 24.5 Å². The number of nitrogens with zero attached hydrogens (tertiary/aromatic N) is 6. The van der Waals surface area contributed by atoms with Crippen molar-refractivity contribution in [2.24, 2.45) is 5.92 Å². The molecule has 0 radical (unpaired) electrons. The van der Waals surface area contributed by atoms with Crippen LogP contribution in [0.2, 0.25) is 0 Å². The molecule has 1 aromatic rings. The highest BCUT2D eigenvalue weighted by Gasteiger charge is 2.47. The number of rotatable bonds is 3. The first-order valence-electron chi connectivity index (χ1n) is 12.9. The number of morpholine rings is 1. The van der Waals surface area contributed by atoms with Crippen LogP contribution in [0.15, 0.2) is 0 Å². The standard InChI is InChI=1S/C19H30N6O2.2C2HF3O2/c1-22-8-9-25-16(17(26)24-10-12-27-13-11-24)20-21-18(25)19(22)4-6-23(7-5-19)14-15-2-3-15;2*3-2(4,5)1(6)7/h15H,2-14H2,1H3;2*(H,6,7). The van der Waals surface area contributed by atoms with Gasteiger partial charge in [-0.2, -0.15) is 26.3 Å². The van der Waals surface area contributed by atoms with Crippen LogP contribution in [0.4, 0.5) is 26.3 Å². The Kier molecular flexibility index (Phi) is 10.2. The topological polar surface area (TPSA) is 141 Å². The fourth-order valence-electron chi connectivity index (χ4n) is 4.94. The summed E-state index contributed by atoms with van der Waals surface area (Å²) in [5.74, 6) is -3.06. The predicted molar refractivity (Wildman–Crippen MR) is 127 cm³/mol. The van der Waals surface area contributed by atoms with Gasteiger partial charge < -0.3 is 29.3 Å². The first-order chi connectivity index (χ1) is 19.1. The molecular formula is C23H32F6N6O6. The summed E-state index contributed by atoms with van der Waals surface area (Å²) in [6.07, 6.45) is -5.22. The molecule has 0 aromatic carbocycles. The predicted octanol–water partition coefficient (Wildman–Crippen LogP) is 1.66. The molecule has 18 heteroatoms. The van der Waals surface area contributed by atoms with Crippen LogP contribution in [0.3, 0.4) is 0 Å². The normalized spacial score (nSPS) is 21.2. The van der Waals surface area contributed by atoms with Gasteiger partial charge in [-0.15, -0.1) is 10.2 Å². The quantitative estimate of drug-likeness (QED) is 0.491. The van der Waals surface area contributed by atoms with E-state index < -0.39 is 24.3 Å². The number of amides is 1. The van der Waals surface area contributed by atoms with Crippen LogP contribution in [0.1, 0.15) is 42.1 Å². The fraction of sp³-hybridized carbons (Fsp3) is 0.783. The number of likely N-dealkylation sites (N-methyl/N-ethyl adjacent to an activating group) is 1. The van der Waals surface area contributed by atoms with E-state index in [1.807, 2.05) is 4.90 Å². The zero-order valence-corrected chi connectivity index (χ0v) is 22.2. The summed E-state index contributed by atoms with van der Waals surface area (Å²) in [6.45, 7) is 7.71. The Morgan fingerprint density at radius 1 is 0.878 bits per heavy atom. The molecule has 3 fully saturated rings. The summed E-state index contributed by atoms with van der Waals surface area (Å²) < 4.78 is 71.0. The molecule has 41 heavy (non-hydrogen) atoms. The molecule has 4 aliphatic rings. The first-order valence-corrected chi connectivity index (χ1v) is 12.9. The number of halogens is 6. The Morgan fingerprint density at radius 3 is 1.85 bits per heavy atom. The molecule has 3 aliphatic heterocycles. The van der Waals surface area contributed by atoms with Crippen LogP contribution in [-0.4, -0.2) is 129 Å². The SMILES string of the molecule is CN1CCn2c(C(=O)N3CCOCC3)nnc2C12CCN(CC1CC1)CC2.O=C(O)C(F)(F)F.O=C(O)C(F)(F)F. The number of aromatic nitrogens is 3. The highest BCUT2D eigenvalue weighted by atomic mass is 19.4. The van der Waals surface area contributed by atoms with Crippen LogP contribution in [0, 0.1) is 5.92 Å². The third kappa shape index (κ3) is 8.28. The van der Waals surface area contributed by atoms with Gasteiger partial charge in [0.15, 0.2) is 5.82 Å². The monoisotopic (exact) mass is 602 g/mol. The number of ether oxygens (including phenoxy) is 1. The van der Waals surface area contributed by atoms with Gasteiger partial charge >= 0.3 is 24.3 Å². The maximum Gasteiger partial charge on any atom is 0.490 e. The van der Waals surface area contributed by atoms with Crippen molar-refractivity contribution in [2.45, 2.75) is 50.1 Å². The van der Waals surface area contributed by atoms with Crippen molar-refractivity contribution >= 4 is 17.8 Å². The van der Waals surface area contributed by atoms with E-state index in [9.17, 15) is 31.1 Å². The van der Waals surface area contributed by atoms with Crippen LogP contribution < -0.4 is 0 Å². The average molecular weight is 603 g/mol. The molecule has 1 saturated carbocycles. The average Bonchev–Trinajstić information content (AvgIpc) is 3.62. The second-order valence-electron chi connectivity index (χ2n) is 10.2. The number of fused-ring (bicyclic) bond motifs is 2. The molecule has 1 spiro atoms. The van der Waals surface area contributed by atoms with E-state index in [0.29, 0.717) is 32.1 Å². The Hall–Kier alpha value is -2.99. The van der Waals surface area contributed by atoms with Gasteiger partial charge in [0.2, 0.25) is 5.82 Å². The summed E-state index contributed by atoms with van der Waals surface area (Å²) in [6, 6.07) is 0. The van der Waals surface area contributed by atoms with E-state index >= 15 is 0 Å². The van der Waals surface area contributed by atoms with Gasteiger partial charge in [0.25, 0.3) is 5.91 Å². The van der Waals surface area contributed by atoms with Crippen molar-refractivity contribution in [1.82, 2.24) is 29.5 Å². The number of carbonyl (C=O) groups is 3. The van der Waals surface area contributed by atoms with Crippen LogP contribution >= 0.6 is 0 Å². The summed E-state index contributed by atoms with van der Waals surface area (Å²) in [5.41, 5.74) is -0.0746. The van der Waals surface area contributed by atoms with Gasteiger partial charge in [-0.1, -0.05) is 0 Å². The highest BCUT2D eigenvalue weighted by molar-refractivity contribution is 5.91. The third-order valence-corrected chi connectivity index (χ3v) is 7.43. The Balaban J connectivity index is 0.000000276. The van der Waals surface area contributed by atoms with E-state index in [1.54, 1.807) is 0 Å². The lowest BCUT2D eigenvalue weighted by Crippen LogP contribution is -2.56. The van der Waals surface area contributed by atoms with Gasteiger partial charge in [-0.3, -0.25) is 9.69 Å². The smallest absolute Gasteiger partial charge is 0.475 e. The zero-order valence-electron chi connectivity index (χ0n) is 22.2. The summed E-state index contributed by atoms with van der Waals surface area (Å²) >= 11 is 0. The number of hydrogen-bond acceptors (Lipinski definition) is 8. The number of carboxylic acid groups (broad SMARTS) is 2. The van der Waals surface area contributed by atoms with Crippen molar-refractivity contribution < 1.29 is 55.7 Å². The van der Waals surface area contributed by atoms with Crippen molar-refractivity contribution in [3.8, 4) is 0 Å². The third-order valence-electron chi connectivity index (χ3n) is 7.43.